The molecule has 2 fully saturated rings. The minimum Gasteiger partial charge on any atom is -0.459 e. The number of hydrogen-bond donors (Lipinski definition) is 1. The van der Waals surface area contributed by atoms with Crippen LogP contribution in [0.3, 0.4) is 0 Å². The van der Waals surface area contributed by atoms with Gasteiger partial charge in [0.05, 0.1) is 38.9 Å². The van der Waals surface area contributed by atoms with Gasteiger partial charge in [0.2, 0.25) is 0 Å². The summed E-state index contributed by atoms with van der Waals surface area (Å²) in [6, 6.07) is 54.1. The van der Waals surface area contributed by atoms with Gasteiger partial charge in [0.25, 0.3) is 0 Å². The van der Waals surface area contributed by atoms with E-state index in [1.807, 2.05) is 0 Å². The van der Waals surface area contributed by atoms with Crippen LogP contribution < -0.4 is 0 Å². The van der Waals surface area contributed by atoms with Crippen molar-refractivity contribution >= 4 is 41.8 Å². The Bertz CT molecular complexity index is 3170. The standard InChI is InChI=1S/C61H50O18/c62-53(38-22-8-1-9-23-38)70-36-45-48(49(75-56(65)41-28-14-4-15-29-41)51(60(69)72-45)77-58(67)43-32-18-6-19-33-43)79-61-52(78-59(68)44-34-20-7-21-35-44)50(76-57(66)42-30-16-5-17-31-42)47(74-55(64)40-26-12-3-13-27-40)46(73-61)37-71-54(63)39-24-10-2-11-25-39/h1-35,45-52,60-61,69H,36-37H2/t45-,46-,47-,48-,49+,50+,51-,52+,60+,61-/m1/s1. The molecule has 2 heterocycles. The second-order valence-electron chi connectivity index (χ2n) is 17.8. The van der Waals surface area contributed by atoms with E-state index in [2.05, 4.69) is 0 Å². The number of esters is 7. The molecule has 0 spiro atoms. The number of ether oxygens (including phenoxy) is 10. The first-order chi connectivity index (χ1) is 38.5. The average Bonchev–Trinajstić information content (AvgIpc) is 3.60. The Morgan fingerprint density at radius 1 is 0.304 bits per heavy atom. The summed E-state index contributed by atoms with van der Waals surface area (Å²) in [5.41, 5.74) is 0.298. The van der Waals surface area contributed by atoms with Crippen LogP contribution >= 0.6 is 0 Å². The number of carbonyl (C=O) groups excluding carboxylic acids is 7. The molecule has 0 amide bonds. The molecular weight excluding hydrogens is 1020 g/mol. The largest absolute Gasteiger partial charge is 0.459 e. The minimum atomic E-state index is -2.12. The van der Waals surface area contributed by atoms with Crippen molar-refractivity contribution in [3.63, 3.8) is 0 Å². The highest BCUT2D eigenvalue weighted by atomic mass is 16.8. The van der Waals surface area contributed by atoms with Gasteiger partial charge in [-0.2, -0.15) is 0 Å². The van der Waals surface area contributed by atoms with Crippen molar-refractivity contribution in [1.29, 1.82) is 0 Å². The molecule has 0 bridgehead atoms. The molecule has 7 aromatic rings. The van der Waals surface area contributed by atoms with Crippen molar-refractivity contribution in [2.45, 2.75) is 61.4 Å². The molecule has 18 nitrogen and oxygen atoms in total. The maximum Gasteiger partial charge on any atom is 0.338 e. The molecule has 0 radical (unpaired) electrons. The number of aliphatic hydroxyl groups is 1. The Balaban J connectivity index is 1.18. The molecule has 9 rings (SSSR count). The molecule has 18 heteroatoms. The molecule has 2 aliphatic heterocycles. The van der Waals surface area contributed by atoms with E-state index < -0.39 is 116 Å². The molecule has 7 aromatic carbocycles. The van der Waals surface area contributed by atoms with Gasteiger partial charge in [-0.15, -0.1) is 0 Å². The Morgan fingerprint density at radius 2 is 0.557 bits per heavy atom. The molecule has 10 atom stereocenters. The van der Waals surface area contributed by atoms with E-state index in [4.69, 9.17) is 47.4 Å². The summed E-state index contributed by atoms with van der Waals surface area (Å²) in [4.78, 5) is 98.6. The van der Waals surface area contributed by atoms with E-state index in [1.54, 1.807) is 127 Å². The zero-order chi connectivity index (χ0) is 55.1. The van der Waals surface area contributed by atoms with Gasteiger partial charge in [-0.3, -0.25) is 0 Å². The Labute approximate surface area is 452 Å². The topological polar surface area (TPSA) is 232 Å². The first-order valence-corrected chi connectivity index (χ1v) is 24.9. The maximum atomic E-state index is 14.5. The fraction of sp³-hybridized carbons (Fsp3) is 0.197. The van der Waals surface area contributed by atoms with E-state index in [-0.39, 0.29) is 38.9 Å². The van der Waals surface area contributed by atoms with Crippen molar-refractivity contribution in [3.05, 3.63) is 251 Å². The Morgan fingerprint density at radius 3 is 0.886 bits per heavy atom. The summed E-state index contributed by atoms with van der Waals surface area (Å²) in [7, 11) is 0. The van der Waals surface area contributed by atoms with Crippen LogP contribution in [0.2, 0.25) is 0 Å². The third kappa shape index (κ3) is 13.8. The Kier molecular flexibility index (Phi) is 18.0. The van der Waals surface area contributed by atoms with E-state index >= 15 is 0 Å². The molecule has 79 heavy (non-hydrogen) atoms. The van der Waals surface area contributed by atoms with Crippen LogP contribution in [-0.2, 0) is 47.4 Å². The third-order valence-electron chi connectivity index (χ3n) is 12.5. The fourth-order valence-electron chi connectivity index (χ4n) is 8.59. The molecule has 1 N–H and O–H groups in total. The van der Waals surface area contributed by atoms with Crippen LogP contribution in [0.25, 0.3) is 0 Å². The number of aliphatic hydroxyl groups excluding tert-OH is 1. The highest BCUT2D eigenvalue weighted by Gasteiger charge is 2.58. The molecular formula is C61H50O18. The van der Waals surface area contributed by atoms with Crippen molar-refractivity contribution in [3.8, 4) is 0 Å². The first-order valence-electron chi connectivity index (χ1n) is 24.9. The number of benzene rings is 7. The lowest BCUT2D eigenvalue weighted by Gasteiger charge is -2.48. The molecule has 2 saturated heterocycles. The zero-order valence-corrected chi connectivity index (χ0v) is 41.8. The van der Waals surface area contributed by atoms with Gasteiger partial charge in [0, 0.05) is 0 Å². The highest BCUT2D eigenvalue weighted by Crippen LogP contribution is 2.36. The van der Waals surface area contributed by atoms with Crippen molar-refractivity contribution < 1.29 is 86.0 Å². The van der Waals surface area contributed by atoms with E-state index in [0.717, 1.165) is 0 Å². The van der Waals surface area contributed by atoms with Crippen LogP contribution in [-0.4, -0.2) is 122 Å². The summed E-state index contributed by atoms with van der Waals surface area (Å²) in [6.07, 6.45) is -19.0. The lowest BCUT2D eigenvalue weighted by Crippen LogP contribution is -2.67. The van der Waals surface area contributed by atoms with Crippen molar-refractivity contribution in [2.75, 3.05) is 13.2 Å². The van der Waals surface area contributed by atoms with Gasteiger partial charge in [0.15, 0.2) is 43.1 Å². The Hall–Kier alpha value is -9.33. The average molecular weight is 1070 g/mol. The van der Waals surface area contributed by atoms with Crippen LogP contribution in [0, 0.1) is 0 Å². The quantitative estimate of drug-likeness (QED) is 0.0642. The maximum absolute atomic E-state index is 14.5. The van der Waals surface area contributed by atoms with Gasteiger partial charge in [-0.25, -0.2) is 33.6 Å². The predicted octanol–water partition coefficient (Wildman–Crippen LogP) is 7.66. The van der Waals surface area contributed by atoms with Crippen molar-refractivity contribution in [1.82, 2.24) is 0 Å². The SMILES string of the molecule is O=C(OC[C@H]1O[C@H](O[C@H]2[C@H](OC(=O)c3ccccc3)[C@@H](OC(=O)c3ccccc3)[C@@H](O)O[C@@H]2COC(=O)c2ccccc2)[C@@H](OC(=O)c2ccccc2)[C@@H](OC(=O)c2ccccc2)[C@@H]1OC(=O)c1ccccc1)c1ccccc1. The van der Waals surface area contributed by atoms with Crippen molar-refractivity contribution in [2.24, 2.45) is 0 Å². The summed E-state index contributed by atoms with van der Waals surface area (Å²) in [5.74, 6) is -6.72. The summed E-state index contributed by atoms with van der Waals surface area (Å²) < 4.78 is 62.0. The number of rotatable bonds is 18. The predicted molar refractivity (Wildman–Crippen MR) is 276 cm³/mol. The fourth-order valence-corrected chi connectivity index (χ4v) is 8.59. The molecule has 0 unspecified atom stereocenters. The normalized spacial score (nSPS) is 22.4. The highest BCUT2D eigenvalue weighted by molar-refractivity contribution is 5.93. The summed E-state index contributed by atoms with van der Waals surface area (Å²) in [6.45, 7) is -1.50. The van der Waals surface area contributed by atoms with Gasteiger partial charge in [-0.1, -0.05) is 127 Å². The third-order valence-corrected chi connectivity index (χ3v) is 12.5. The summed E-state index contributed by atoms with van der Waals surface area (Å²) in [5, 5.41) is 11.9. The molecule has 2 aliphatic rings. The van der Waals surface area contributed by atoms with E-state index in [1.165, 1.54) is 84.9 Å². The molecule has 402 valence electrons. The number of hydrogen-bond acceptors (Lipinski definition) is 18. The molecule has 0 aliphatic carbocycles. The second kappa shape index (κ2) is 26.1. The zero-order valence-electron chi connectivity index (χ0n) is 41.8. The van der Waals surface area contributed by atoms with Crippen LogP contribution in [0.1, 0.15) is 72.5 Å². The molecule has 0 saturated carbocycles. The van der Waals surface area contributed by atoms with Crippen LogP contribution in [0.15, 0.2) is 212 Å². The number of carbonyl (C=O) groups is 7. The van der Waals surface area contributed by atoms with E-state index in [0.29, 0.717) is 0 Å². The van der Waals surface area contributed by atoms with Crippen LogP contribution in [0.4, 0.5) is 0 Å². The van der Waals surface area contributed by atoms with E-state index in [9.17, 15) is 38.7 Å². The van der Waals surface area contributed by atoms with Gasteiger partial charge in [0.1, 0.15) is 31.5 Å². The smallest absolute Gasteiger partial charge is 0.338 e. The monoisotopic (exact) mass is 1070 g/mol. The van der Waals surface area contributed by atoms with Gasteiger partial charge >= 0.3 is 41.8 Å². The summed E-state index contributed by atoms with van der Waals surface area (Å²) >= 11 is 0. The van der Waals surface area contributed by atoms with Gasteiger partial charge < -0.3 is 52.5 Å². The lowest BCUT2D eigenvalue weighted by atomic mass is 9.95. The van der Waals surface area contributed by atoms with Crippen LogP contribution in [0.5, 0.6) is 0 Å². The van der Waals surface area contributed by atoms with Gasteiger partial charge in [-0.05, 0) is 84.9 Å². The first kappa shape index (κ1) is 54.5. The minimum absolute atomic E-state index is 0.00210. The lowest BCUT2D eigenvalue weighted by molar-refractivity contribution is -0.352. The molecule has 0 aromatic heterocycles. The second-order valence-corrected chi connectivity index (χ2v) is 17.8.